The molecule has 0 spiro atoms. The van der Waals surface area contributed by atoms with E-state index in [4.69, 9.17) is 4.74 Å². The topological polar surface area (TPSA) is 66.9 Å². The maximum absolute atomic E-state index is 12.4. The number of hydrogen-bond donors (Lipinski definition) is 0. The lowest BCUT2D eigenvalue weighted by atomic mass is 9.99. The normalized spacial score (nSPS) is 19.9. The summed E-state index contributed by atoms with van der Waals surface area (Å²) in [4.78, 5) is 39.5. The molecule has 146 valence electrons. The van der Waals surface area contributed by atoms with Crippen molar-refractivity contribution in [1.82, 2.24) is 4.90 Å². The molecule has 27 heavy (non-hydrogen) atoms. The van der Waals surface area contributed by atoms with E-state index in [0.29, 0.717) is 26.1 Å². The minimum Gasteiger partial charge on any atom is -0.444 e. The highest BCUT2D eigenvalue weighted by Gasteiger charge is 2.33. The van der Waals surface area contributed by atoms with Crippen LogP contribution in [0.15, 0.2) is 18.2 Å². The highest BCUT2D eigenvalue weighted by atomic mass is 32.2. The van der Waals surface area contributed by atoms with Gasteiger partial charge in [0.05, 0.1) is 0 Å². The van der Waals surface area contributed by atoms with Crippen molar-refractivity contribution in [2.75, 3.05) is 18.0 Å². The number of ether oxygens (including phenoxy) is 1. The number of anilines is 1. The number of thioether (sulfide) groups is 1. The summed E-state index contributed by atoms with van der Waals surface area (Å²) in [6, 6.07) is 5.99. The fraction of sp³-hybridized carbons (Fsp3) is 0.550. The van der Waals surface area contributed by atoms with E-state index in [9.17, 15) is 14.4 Å². The molecule has 1 unspecified atom stereocenters. The Kier molecular flexibility index (Phi) is 5.51. The summed E-state index contributed by atoms with van der Waals surface area (Å²) < 4.78 is 5.48. The quantitative estimate of drug-likeness (QED) is 0.775. The summed E-state index contributed by atoms with van der Waals surface area (Å²) in [6.07, 6.45) is 0.838. The lowest BCUT2D eigenvalue weighted by Gasteiger charge is -2.32. The van der Waals surface area contributed by atoms with Gasteiger partial charge in [-0.1, -0.05) is 17.8 Å². The van der Waals surface area contributed by atoms with Crippen molar-refractivity contribution < 1.29 is 19.1 Å². The number of carbonyl (C=O) groups is 3. The number of hydrogen-bond acceptors (Lipinski definition) is 5. The second kappa shape index (κ2) is 7.54. The van der Waals surface area contributed by atoms with Gasteiger partial charge in [-0.2, -0.15) is 0 Å². The predicted octanol–water partition coefficient (Wildman–Crippen LogP) is 3.36. The number of fused-ring (bicyclic) bond motifs is 1. The molecule has 3 rings (SSSR count). The van der Waals surface area contributed by atoms with Gasteiger partial charge in [-0.15, -0.1) is 0 Å². The van der Waals surface area contributed by atoms with Gasteiger partial charge in [0.15, 0.2) is 5.12 Å². The second-order valence-electron chi connectivity index (χ2n) is 8.04. The zero-order chi connectivity index (χ0) is 19.8. The lowest BCUT2D eigenvalue weighted by molar-refractivity contribution is -0.117. The summed E-state index contributed by atoms with van der Waals surface area (Å²) >= 11 is 1.23. The van der Waals surface area contributed by atoms with Gasteiger partial charge in [-0.05, 0) is 50.5 Å². The van der Waals surface area contributed by atoms with Crippen molar-refractivity contribution in [1.29, 1.82) is 0 Å². The Bertz CT molecular complexity index is 772. The van der Waals surface area contributed by atoms with Crippen molar-refractivity contribution in [3.63, 3.8) is 0 Å². The molecule has 2 amide bonds. The first kappa shape index (κ1) is 19.7. The number of nitrogens with zero attached hydrogens (tertiary/aromatic N) is 2. The molecule has 1 atom stereocenters. The van der Waals surface area contributed by atoms with Crippen LogP contribution in [-0.4, -0.2) is 46.0 Å². The summed E-state index contributed by atoms with van der Waals surface area (Å²) in [5, 5.41) is 0.0392. The van der Waals surface area contributed by atoms with Gasteiger partial charge in [0, 0.05) is 43.9 Å². The molecule has 1 aromatic rings. The molecule has 1 fully saturated rings. The van der Waals surface area contributed by atoms with Crippen LogP contribution in [0.3, 0.4) is 0 Å². The van der Waals surface area contributed by atoms with Crippen molar-refractivity contribution >= 4 is 34.6 Å². The fourth-order valence-electron chi connectivity index (χ4n) is 3.43. The van der Waals surface area contributed by atoms with E-state index in [1.165, 1.54) is 24.2 Å². The smallest absolute Gasteiger partial charge is 0.410 e. The molecule has 0 saturated carbocycles. The molecule has 2 aliphatic rings. The molecule has 2 aliphatic heterocycles. The fourth-order valence-corrected chi connectivity index (χ4v) is 4.35. The first-order valence-corrected chi connectivity index (χ1v) is 10.1. The Morgan fingerprint density at radius 3 is 2.63 bits per heavy atom. The molecule has 1 saturated heterocycles. The molecular formula is C20H26N2O4S. The average molecular weight is 391 g/mol. The van der Waals surface area contributed by atoms with Crippen LogP contribution in [0, 0.1) is 0 Å². The molecule has 7 heteroatoms. The third-order valence-corrected chi connectivity index (χ3v) is 5.57. The van der Waals surface area contributed by atoms with E-state index in [1.807, 2.05) is 39.0 Å². The largest absolute Gasteiger partial charge is 0.444 e. The SMILES string of the molecule is CC(=O)SC1CC(=O)N(c2ccc3c(c2)CN(C(=O)OC(C)(C)C)CC3)C1. The Labute approximate surface area is 164 Å². The Balaban J connectivity index is 1.73. The molecule has 0 N–H and O–H groups in total. The summed E-state index contributed by atoms with van der Waals surface area (Å²) in [7, 11) is 0. The van der Waals surface area contributed by atoms with Crippen LogP contribution < -0.4 is 4.90 Å². The Hall–Kier alpha value is -2.02. The van der Waals surface area contributed by atoms with Crippen LogP contribution in [0.2, 0.25) is 0 Å². The van der Waals surface area contributed by atoms with Crippen LogP contribution in [0.25, 0.3) is 0 Å². The molecule has 0 aliphatic carbocycles. The third-order valence-electron chi connectivity index (χ3n) is 4.59. The van der Waals surface area contributed by atoms with E-state index in [-0.39, 0.29) is 22.4 Å². The zero-order valence-electron chi connectivity index (χ0n) is 16.3. The standard InChI is InChI=1S/C20H26N2O4S/c1-13(23)27-17-10-18(24)22(12-17)16-6-5-14-7-8-21(11-15(14)9-16)19(25)26-20(2,3)4/h5-6,9,17H,7-8,10-12H2,1-4H3. The average Bonchev–Trinajstić information content (AvgIpc) is 2.91. The first-order valence-electron chi connectivity index (χ1n) is 9.20. The molecule has 0 bridgehead atoms. The molecule has 6 nitrogen and oxygen atoms in total. The van der Waals surface area contributed by atoms with Gasteiger partial charge < -0.3 is 14.5 Å². The monoisotopic (exact) mass is 390 g/mol. The molecular weight excluding hydrogens is 364 g/mol. The zero-order valence-corrected chi connectivity index (χ0v) is 17.1. The molecule has 0 radical (unpaired) electrons. The highest BCUT2D eigenvalue weighted by Crippen LogP contribution is 2.31. The maximum Gasteiger partial charge on any atom is 0.410 e. The van der Waals surface area contributed by atoms with E-state index in [2.05, 4.69) is 0 Å². The minimum atomic E-state index is -0.523. The summed E-state index contributed by atoms with van der Waals surface area (Å²) in [6.45, 7) is 8.74. The van der Waals surface area contributed by atoms with Crippen LogP contribution >= 0.6 is 11.8 Å². The van der Waals surface area contributed by atoms with E-state index in [1.54, 1.807) is 9.80 Å². The maximum atomic E-state index is 12.4. The van der Waals surface area contributed by atoms with Gasteiger partial charge in [-0.25, -0.2) is 4.79 Å². The number of amides is 2. The van der Waals surface area contributed by atoms with Crippen molar-refractivity contribution in [3.05, 3.63) is 29.3 Å². The van der Waals surface area contributed by atoms with Crippen molar-refractivity contribution in [3.8, 4) is 0 Å². The van der Waals surface area contributed by atoms with Gasteiger partial charge in [-0.3, -0.25) is 9.59 Å². The second-order valence-corrected chi connectivity index (χ2v) is 9.52. The van der Waals surface area contributed by atoms with Crippen LogP contribution in [0.1, 0.15) is 45.2 Å². The summed E-state index contributed by atoms with van der Waals surface area (Å²) in [5.41, 5.74) is 2.54. The number of rotatable bonds is 2. The summed E-state index contributed by atoms with van der Waals surface area (Å²) in [5.74, 6) is 0.0357. The number of carbonyl (C=O) groups excluding carboxylic acids is 3. The van der Waals surface area contributed by atoms with Crippen LogP contribution in [-0.2, 0) is 27.3 Å². The van der Waals surface area contributed by atoms with E-state index >= 15 is 0 Å². The third kappa shape index (κ3) is 4.83. The molecule has 2 heterocycles. The van der Waals surface area contributed by atoms with E-state index in [0.717, 1.165) is 17.7 Å². The van der Waals surface area contributed by atoms with E-state index < -0.39 is 5.60 Å². The molecule has 1 aromatic carbocycles. The van der Waals surface area contributed by atoms with Crippen LogP contribution in [0.5, 0.6) is 0 Å². The van der Waals surface area contributed by atoms with Crippen LogP contribution in [0.4, 0.5) is 10.5 Å². The molecule has 0 aromatic heterocycles. The van der Waals surface area contributed by atoms with Gasteiger partial charge in [0.25, 0.3) is 0 Å². The van der Waals surface area contributed by atoms with Crippen molar-refractivity contribution in [2.24, 2.45) is 0 Å². The Morgan fingerprint density at radius 1 is 1.22 bits per heavy atom. The first-order chi connectivity index (χ1) is 12.6. The van der Waals surface area contributed by atoms with Gasteiger partial charge in [0.2, 0.25) is 5.91 Å². The minimum absolute atomic E-state index is 0.00398. The Morgan fingerprint density at radius 2 is 1.96 bits per heavy atom. The predicted molar refractivity (Wildman–Crippen MR) is 106 cm³/mol. The lowest BCUT2D eigenvalue weighted by Crippen LogP contribution is -2.40. The number of benzene rings is 1. The van der Waals surface area contributed by atoms with Gasteiger partial charge in [0.1, 0.15) is 5.60 Å². The van der Waals surface area contributed by atoms with Gasteiger partial charge >= 0.3 is 6.09 Å². The highest BCUT2D eigenvalue weighted by molar-refractivity contribution is 8.14. The van der Waals surface area contributed by atoms with Crippen molar-refractivity contribution in [2.45, 2.75) is 57.9 Å².